The van der Waals surface area contributed by atoms with Gasteiger partial charge in [-0.3, -0.25) is 14.5 Å². The first-order valence-electron chi connectivity index (χ1n) is 10.9. The molecule has 0 saturated carbocycles. The molecule has 1 fully saturated rings. The highest BCUT2D eigenvalue weighted by molar-refractivity contribution is 8.15. The Hall–Kier alpha value is -3.16. The van der Waals surface area contributed by atoms with Crippen molar-refractivity contribution in [3.8, 4) is 0 Å². The lowest BCUT2D eigenvalue weighted by molar-refractivity contribution is -0.129. The van der Waals surface area contributed by atoms with Gasteiger partial charge in [-0.1, -0.05) is 59.8 Å². The Kier molecular flexibility index (Phi) is 7.98. The maximum absolute atomic E-state index is 13.4. The van der Waals surface area contributed by atoms with E-state index in [4.69, 9.17) is 11.6 Å². The van der Waals surface area contributed by atoms with Crippen LogP contribution in [0.5, 0.6) is 0 Å². The van der Waals surface area contributed by atoms with Crippen LogP contribution in [0.15, 0.2) is 83.9 Å². The number of nitrogens with one attached hydrogen (secondary N) is 1. The van der Waals surface area contributed by atoms with Gasteiger partial charge in [0.05, 0.1) is 5.69 Å². The summed E-state index contributed by atoms with van der Waals surface area (Å²) in [6.07, 6.45) is 1.63. The monoisotopic (exact) mass is 495 g/mol. The van der Waals surface area contributed by atoms with Crippen LogP contribution in [-0.2, 0) is 16.0 Å². The summed E-state index contributed by atoms with van der Waals surface area (Å²) in [4.78, 5) is 32.2. The molecule has 3 aromatic rings. The van der Waals surface area contributed by atoms with Crippen LogP contribution in [0.4, 0.5) is 15.8 Å². The number of carbonyl (C=O) groups is 2. The van der Waals surface area contributed by atoms with Crippen LogP contribution in [0.1, 0.15) is 18.4 Å². The van der Waals surface area contributed by atoms with Crippen molar-refractivity contribution >= 4 is 51.7 Å². The van der Waals surface area contributed by atoms with E-state index in [1.807, 2.05) is 18.2 Å². The molecule has 1 aliphatic rings. The van der Waals surface area contributed by atoms with Gasteiger partial charge in [-0.15, -0.1) is 0 Å². The van der Waals surface area contributed by atoms with E-state index in [1.54, 1.807) is 41.3 Å². The number of rotatable bonds is 7. The number of nitrogens with zero attached hydrogens (tertiary/aromatic N) is 2. The van der Waals surface area contributed by atoms with Gasteiger partial charge in [-0.05, 0) is 60.9 Å². The van der Waals surface area contributed by atoms with Crippen molar-refractivity contribution in [2.45, 2.75) is 24.5 Å². The van der Waals surface area contributed by atoms with E-state index in [9.17, 15) is 14.0 Å². The molecule has 1 atom stereocenters. The highest BCUT2D eigenvalue weighted by atomic mass is 35.5. The number of aryl methyl sites for hydroxylation is 1. The lowest BCUT2D eigenvalue weighted by atomic mass is 10.1. The standard InChI is InChI=1S/C26H23ClFN3O2S/c27-19-9-4-10-22(16-19)29-25(33)23-17-24(32)31(15-5-8-18-6-2-1-3-7-18)26(34-23)30-21-13-11-20(28)12-14-21/h1-4,6-7,9-14,16,23H,5,8,15,17H2,(H,29,33). The summed E-state index contributed by atoms with van der Waals surface area (Å²) in [5.74, 6) is -0.829. The van der Waals surface area contributed by atoms with E-state index in [0.29, 0.717) is 28.1 Å². The average Bonchev–Trinajstić information content (AvgIpc) is 2.82. The van der Waals surface area contributed by atoms with Crippen molar-refractivity contribution in [2.24, 2.45) is 4.99 Å². The molecule has 8 heteroatoms. The summed E-state index contributed by atoms with van der Waals surface area (Å²) in [6.45, 7) is 0.476. The average molecular weight is 496 g/mol. The Morgan fingerprint density at radius 1 is 1.09 bits per heavy atom. The molecule has 0 aromatic heterocycles. The third-order valence-corrected chi connectivity index (χ3v) is 6.69. The Morgan fingerprint density at radius 2 is 1.85 bits per heavy atom. The first-order chi connectivity index (χ1) is 16.5. The third-order valence-electron chi connectivity index (χ3n) is 5.27. The number of halogens is 2. The Bertz CT molecular complexity index is 1190. The molecule has 0 spiro atoms. The third kappa shape index (κ3) is 6.46. The molecule has 0 radical (unpaired) electrons. The number of anilines is 1. The van der Waals surface area contributed by atoms with E-state index >= 15 is 0 Å². The van der Waals surface area contributed by atoms with Gasteiger partial charge in [-0.2, -0.15) is 0 Å². The zero-order chi connectivity index (χ0) is 23.9. The maximum Gasteiger partial charge on any atom is 0.238 e. The predicted octanol–water partition coefficient (Wildman–Crippen LogP) is 6.07. The molecule has 174 valence electrons. The molecule has 0 bridgehead atoms. The zero-order valence-electron chi connectivity index (χ0n) is 18.3. The fourth-order valence-corrected chi connectivity index (χ4v) is 4.88. The number of thioether (sulfide) groups is 1. The van der Waals surface area contributed by atoms with Gasteiger partial charge >= 0.3 is 0 Å². The van der Waals surface area contributed by atoms with Crippen LogP contribution in [-0.4, -0.2) is 33.7 Å². The molecule has 2 amide bonds. The summed E-state index contributed by atoms with van der Waals surface area (Å²) >= 11 is 7.25. The number of amidine groups is 1. The molecule has 1 N–H and O–H groups in total. The Morgan fingerprint density at radius 3 is 2.59 bits per heavy atom. The molecular formula is C26H23ClFN3O2S. The van der Waals surface area contributed by atoms with Gasteiger partial charge in [0.1, 0.15) is 11.1 Å². The molecule has 1 saturated heterocycles. The van der Waals surface area contributed by atoms with E-state index < -0.39 is 5.25 Å². The summed E-state index contributed by atoms with van der Waals surface area (Å²) in [5, 5.41) is 3.12. The zero-order valence-corrected chi connectivity index (χ0v) is 19.9. The van der Waals surface area contributed by atoms with Crippen LogP contribution in [0.25, 0.3) is 0 Å². The quantitative estimate of drug-likeness (QED) is 0.432. The van der Waals surface area contributed by atoms with E-state index in [2.05, 4.69) is 22.4 Å². The van der Waals surface area contributed by atoms with Gasteiger partial charge in [0, 0.05) is 23.7 Å². The van der Waals surface area contributed by atoms with Crippen LogP contribution in [0.2, 0.25) is 5.02 Å². The molecule has 4 rings (SSSR count). The van der Waals surface area contributed by atoms with Crippen molar-refractivity contribution in [1.29, 1.82) is 0 Å². The second kappa shape index (κ2) is 11.3. The minimum atomic E-state index is -0.643. The maximum atomic E-state index is 13.4. The van der Waals surface area contributed by atoms with Gasteiger partial charge in [0.15, 0.2) is 5.17 Å². The Labute approximate surface area is 207 Å². The molecule has 3 aromatic carbocycles. The van der Waals surface area contributed by atoms with Crippen molar-refractivity contribution in [3.05, 3.63) is 95.3 Å². The molecule has 1 heterocycles. The molecule has 1 unspecified atom stereocenters. The summed E-state index contributed by atoms with van der Waals surface area (Å²) in [7, 11) is 0. The van der Waals surface area contributed by atoms with Gasteiger partial charge in [0.2, 0.25) is 11.8 Å². The van der Waals surface area contributed by atoms with Crippen LogP contribution < -0.4 is 5.32 Å². The van der Waals surface area contributed by atoms with Crippen LogP contribution in [0, 0.1) is 5.82 Å². The lowest BCUT2D eigenvalue weighted by Gasteiger charge is -2.32. The normalized spacial score (nSPS) is 17.1. The first-order valence-corrected chi connectivity index (χ1v) is 12.2. The number of benzene rings is 3. The molecular weight excluding hydrogens is 473 g/mol. The molecule has 1 aliphatic heterocycles. The van der Waals surface area contributed by atoms with E-state index in [1.165, 1.54) is 29.5 Å². The van der Waals surface area contributed by atoms with Crippen LogP contribution in [0.3, 0.4) is 0 Å². The fourth-order valence-electron chi connectivity index (χ4n) is 3.56. The molecule has 5 nitrogen and oxygen atoms in total. The highest BCUT2D eigenvalue weighted by Crippen LogP contribution is 2.30. The number of hydrogen-bond acceptors (Lipinski definition) is 4. The Balaban J connectivity index is 1.51. The van der Waals surface area contributed by atoms with E-state index in [-0.39, 0.29) is 24.1 Å². The second-order valence-electron chi connectivity index (χ2n) is 7.82. The predicted molar refractivity (Wildman–Crippen MR) is 136 cm³/mol. The first kappa shape index (κ1) is 24.0. The smallest absolute Gasteiger partial charge is 0.238 e. The number of hydrogen-bond donors (Lipinski definition) is 1. The highest BCUT2D eigenvalue weighted by Gasteiger charge is 2.35. The topological polar surface area (TPSA) is 61.8 Å². The van der Waals surface area contributed by atoms with Gasteiger partial charge in [0.25, 0.3) is 0 Å². The largest absolute Gasteiger partial charge is 0.325 e. The minimum absolute atomic E-state index is 0.0604. The van der Waals surface area contributed by atoms with Gasteiger partial charge in [-0.25, -0.2) is 9.38 Å². The number of carbonyl (C=O) groups excluding carboxylic acids is 2. The number of amides is 2. The second-order valence-corrected chi connectivity index (χ2v) is 9.42. The summed E-state index contributed by atoms with van der Waals surface area (Å²) in [5.41, 5.74) is 2.27. The van der Waals surface area contributed by atoms with E-state index in [0.717, 1.165) is 12.8 Å². The summed E-state index contributed by atoms with van der Waals surface area (Å²) in [6, 6.07) is 22.6. The lowest BCUT2D eigenvalue weighted by Crippen LogP contribution is -2.45. The van der Waals surface area contributed by atoms with Crippen molar-refractivity contribution < 1.29 is 14.0 Å². The van der Waals surface area contributed by atoms with Crippen molar-refractivity contribution in [2.75, 3.05) is 11.9 Å². The van der Waals surface area contributed by atoms with Crippen molar-refractivity contribution in [3.63, 3.8) is 0 Å². The SMILES string of the molecule is O=C(Nc1cccc(Cl)c1)C1CC(=O)N(CCCc2ccccc2)C(=Nc2ccc(F)cc2)S1. The van der Waals surface area contributed by atoms with Crippen LogP contribution >= 0.6 is 23.4 Å². The summed E-state index contributed by atoms with van der Waals surface area (Å²) < 4.78 is 13.4. The molecule has 0 aliphatic carbocycles. The fraction of sp³-hybridized carbons (Fsp3) is 0.192. The van der Waals surface area contributed by atoms with Gasteiger partial charge < -0.3 is 5.32 Å². The number of aliphatic imine (C=N–C) groups is 1. The molecule has 34 heavy (non-hydrogen) atoms. The van der Waals surface area contributed by atoms with Crippen molar-refractivity contribution in [1.82, 2.24) is 4.90 Å². The minimum Gasteiger partial charge on any atom is -0.325 e.